The van der Waals surface area contributed by atoms with Crippen molar-refractivity contribution in [2.24, 2.45) is 5.92 Å². The van der Waals surface area contributed by atoms with E-state index in [1.165, 1.54) is 19.3 Å². The van der Waals surface area contributed by atoms with Gasteiger partial charge in [-0.15, -0.1) is 0 Å². The van der Waals surface area contributed by atoms with Crippen LogP contribution in [0.5, 0.6) is 17.2 Å². The molecule has 2 amide bonds. The Hall–Kier alpha value is -4.20. The van der Waals surface area contributed by atoms with Gasteiger partial charge in [0.25, 0.3) is 5.91 Å². The van der Waals surface area contributed by atoms with Crippen LogP contribution in [0.3, 0.4) is 0 Å². The van der Waals surface area contributed by atoms with E-state index < -0.39 is 6.04 Å². The van der Waals surface area contributed by atoms with Gasteiger partial charge < -0.3 is 30.2 Å². The number of anilines is 1. The summed E-state index contributed by atoms with van der Waals surface area (Å²) in [6.07, 6.45) is 6.46. The number of carbonyl (C=O) groups excluding carboxylic acids is 2. The Balaban J connectivity index is 1.18. The Morgan fingerprint density at radius 3 is 2.35 bits per heavy atom. The molecule has 1 saturated carbocycles. The number of ether oxygens (including phenoxy) is 3. The van der Waals surface area contributed by atoms with Gasteiger partial charge in [-0.2, -0.15) is 0 Å². The summed E-state index contributed by atoms with van der Waals surface area (Å²) in [6.45, 7) is 1.25. The van der Waals surface area contributed by atoms with Crippen LogP contribution in [0.25, 0.3) is 11.1 Å². The van der Waals surface area contributed by atoms with Crippen LogP contribution in [-0.4, -0.2) is 44.8 Å². The molecule has 0 unspecified atom stereocenters. The summed E-state index contributed by atoms with van der Waals surface area (Å²) in [6, 6.07) is 20.3. The average Bonchev–Trinajstić information content (AvgIpc) is 3.48. The molecule has 5 rings (SSSR count). The van der Waals surface area contributed by atoms with Crippen molar-refractivity contribution in [3.05, 3.63) is 72.3 Å². The van der Waals surface area contributed by atoms with Crippen molar-refractivity contribution >= 4 is 17.5 Å². The summed E-state index contributed by atoms with van der Waals surface area (Å²) in [4.78, 5) is 26.4. The minimum Gasteiger partial charge on any atom is -0.497 e. The quantitative estimate of drug-likeness (QED) is 0.281. The second kappa shape index (κ2) is 13.2. The number of hydrogen-bond donors (Lipinski definition) is 3. The standard InChI is InChI=1S/C32H37N3O5/c1-38-27-14-12-26(13-15-27)33-17-18-34-32(37)28(19-22-5-3-2-4-6-22)35-31(36)24-9-7-23(8-10-24)25-11-16-29-30(20-25)40-21-39-29/h7-16,20,22,28,33H,2-6,17-19,21H2,1H3,(H,34,37)(H,35,36)/t28-/m0/s1. The van der Waals surface area contributed by atoms with Gasteiger partial charge in [-0.1, -0.05) is 50.3 Å². The fourth-order valence-electron chi connectivity index (χ4n) is 5.34. The lowest BCUT2D eigenvalue weighted by Gasteiger charge is -2.26. The van der Waals surface area contributed by atoms with Crippen molar-refractivity contribution in [3.8, 4) is 28.4 Å². The Morgan fingerprint density at radius 1 is 0.875 bits per heavy atom. The van der Waals surface area contributed by atoms with Gasteiger partial charge in [0.1, 0.15) is 11.8 Å². The topological polar surface area (TPSA) is 97.9 Å². The van der Waals surface area contributed by atoms with Crippen LogP contribution >= 0.6 is 0 Å². The van der Waals surface area contributed by atoms with Gasteiger partial charge in [0, 0.05) is 24.3 Å². The number of methoxy groups -OCH3 is 1. The first-order chi connectivity index (χ1) is 19.6. The van der Waals surface area contributed by atoms with Gasteiger partial charge in [-0.3, -0.25) is 9.59 Å². The lowest BCUT2D eigenvalue weighted by atomic mass is 9.84. The van der Waals surface area contributed by atoms with E-state index in [2.05, 4.69) is 16.0 Å². The van der Waals surface area contributed by atoms with E-state index >= 15 is 0 Å². The maximum atomic E-state index is 13.2. The summed E-state index contributed by atoms with van der Waals surface area (Å²) < 4.78 is 16.1. The monoisotopic (exact) mass is 543 g/mol. The Kier molecular flexibility index (Phi) is 9.06. The van der Waals surface area contributed by atoms with Gasteiger partial charge in [0.2, 0.25) is 12.7 Å². The highest BCUT2D eigenvalue weighted by atomic mass is 16.7. The minimum absolute atomic E-state index is 0.146. The summed E-state index contributed by atoms with van der Waals surface area (Å²) in [5.41, 5.74) is 3.42. The van der Waals surface area contributed by atoms with Crippen molar-refractivity contribution in [2.75, 3.05) is 32.3 Å². The number of amides is 2. The maximum Gasteiger partial charge on any atom is 0.251 e. The predicted octanol–water partition coefficient (Wildman–Crippen LogP) is 5.39. The normalized spacial score (nSPS) is 15.2. The van der Waals surface area contributed by atoms with Gasteiger partial charge in [0.15, 0.2) is 11.5 Å². The van der Waals surface area contributed by atoms with Gasteiger partial charge in [0.05, 0.1) is 7.11 Å². The molecule has 40 heavy (non-hydrogen) atoms. The molecule has 0 saturated heterocycles. The molecule has 0 spiro atoms. The predicted molar refractivity (Wildman–Crippen MR) is 155 cm³/mol. The van der Waals surface area contributed by atoms with Gasteiger partial charge in [-0.05, 0) is 72.0 Å². The summed E-state index contributed by atoms with van der Waals surface area (Å²) >= 11 is 0. The maximum absolute atomic E-state index is 13.2. The molecule has 3 aromatic carbocycles. The van der Waals surface area contributed by atoms with Gasteiger partial charge in [-0.25, -0.2) is 0 Å². The molecular formula is C32H37N3O5. The summed E-state index contributed by atoms with van der Waals surface area (Å²) in [7, 11) is 1.64. The largest absolute Gasteiger partial charge is 0.497 e. The highest BCUT2D eigenvalue weighted by molar-refractivity contribution is 5.98. The number of hydrogen-bond acceptors (Lipinski definition) is 6. The second-order valence-electron chi connectivity index (χ2n) is 10.4. The van der Waals surface area contributed by atoms with Crippen LogP contribution in [0.15, 0.2) is 66.7 Å². The van der Waals surface area contributed by atoms with E-state index in [4.69, 9.17) is 14.2 Å². The van der Waals surface area contributed by atoms with Crippen molar-refractivity contribution in [1.82, 2.24) is 10.6 Å². The van der Waals surface area contributed by atoms with Gasteiger partial charge >= 0.3 is 0 Å². The number of rotatable bonds is 11. The van der Waals surface area contributed by atoms with Crippen molar-refractivity contribution in [2.45, 2.75) is 44.6 Å². The molecule has 210 valence electrons. The zero-order valence-electron chi connectivity index (χ0n) is 22.9. The first-order valence-corrected chi connectivity index (χ1v) is 14.1. The molecule has 8 heteroatoms. The minimum atomic E-state index is -0.579. The third kappa shape index (κ3) is 7.05. The molecule has 0 radical (unpaired) electrons. The van der Waals surface area contributed by atoms with E-state index in [0.29, 0.717) is 31.0 Å². The summed E-state index contributed by atoms with van der Waals surface area (Å²) in [5, 5.41) is 9.33. The van der Waals surface area contributed by atoms with Crippen LogP contribution in [0.4, 0.5) is 5.69 Å². The molecule has 1 heterocycles. The third-order valence-electron chi connectivity index (χ3n) is 7.61. The third-order valence-corrected chi connectivity index (χ3v) is 7.61. The molecule has 0 bridgehead atoms. The number of carbonyl (C=O) groups is 2. The van der Waals surface area contributed by atoms with Crippen molar-refractivity contribution < 1.29 is 23.8 Å². The number of benzene rings is 3. The molecule has 8 nitrogen and oxygen atoms in total. The van der Waals surface area contributed by atoms with E-state index in [9.17, 15) is 9.59 Å². The smallest absolute Gasteiger partial charge is 0.251 e. The Morgan fingerprint density at radius 2 is 1.60 bits per heavy atom. The van der Waals surface area contributed by atoms with E-state index in [-0.39, 0.29) is 18.6 Å². The van der Waals surface area contributed by atoms with Crippen molar-refractivity contribution in [1.29, 1.82) is 0 Å². The molecule has 1 aliphatic carbocycles. The van der Waals surface area contributed by atoms with Crippen LogP contribution in [0, 0.1) is 5.92 Å². The Labute approximate surface area is 235 Å². The molecule has 2 aliphatic rings. The van der Waals surface area contributed by atoms with Crippen LogP contribution in [0.2, 0.25) is 0 Å². The first-order valence-electron chi connectivity index (χ1n) is 14.1. The second-order valence-corrected chi connectivity index (χ2v) is 10.4. The lowest BCUT2D eigenvalue weighted by molar-refractivity contribution is -0.123. The number of nitrogens with one attached hydrogen (secondary N) is 3. The highest BCUT2D eigenvalue weighted by Gasteiger charge is 2.26. The average molecular weight is 544 g/mol. The molecule has 3 aromatic rings. The first kappa shape index (κ1) is 27.4. The SMILES string of the molecule is COc1ccc(NCCNC(=O)[C@H](CC2CCCCC2)NC(=O)c2ccc(-c3ccc4c(c3)OCO4)cc2)cc1. The molecule has 1 aliphatic heterocycles. The lowest BCUT2D eigenvalue weighted by Crippen LogP contribution is -2.48. The molecule has 1 fully saturated rings. The zero-order valence-corrected chi connectivity index (χ0v) is 22.9. The number of fused-ring (bicyclic) bond motifs is 1. The summed E-state index contributed by atoms with van der Waals surface area (Å²) in [5.74, 6) is 2.30. The highest BCUT2D eigenvalue weighted by Crippen LogP contribution is 2.36. The fourth-order valence-corrected chi connectivity index (χ4v) is 5.34. The van der Waals surface area contributed by atoms with E-state index in [0.717, 1.165) is 46.9 Å². The molecule has 0 aromatic heterocycles. The Bertz CT molecular complexity index is 1290. The van der Waals surface area contributed by atoms with Crippen LogP contribution in [0.1, 0.15) is 48.9 Å². The van der Waals surface area contributed by atoms with E-state index in [1.54, 1.807) is 19.2 Å². The van der Waals surface area contributed by atoms with E-state index in [1.807, 2.05) is 54.6 Å². The van der Waals surface area contributed by atoms with Crippen molar-refractivity contribution in [3.63, 3.8) is 0 Å². The molecule has 3 N–H and O–H groups in total. The molecular weight excluding hydrogens is 506 g/mol. The zero-order chi connectivity index (χ0) is 27.7. The van der Waals surface area contributed by atoms with Crippen LogP contribution < -0.4 is 30.2 Å². The fraction of sp³-hybridized carbons (Fsp3) is 0.375. The van der Waals surface area contributed by atoms with Crippen LogP contribution in [-0.2, 0) is 4.79 Å². The molecule has 1 atom stereocenters.